The maximum atomic E-state index is 12.9. The van der Waals surface area contributed by atoms with Crippen molar-refractivity contribution in [1.29, 1.82) is 0 Å². The van der Waals surface area contributed by atoms with Gasteiger partial charge in [-0.2, -0.15) is 0 Å². The number of hydrogen-bond donors (Lipinski definition) is 0. The van der Waals surface area contributed by atoms with Crippen LogP contribution in [0.5, 0.6) is 0 Å². The Morgan fingerprint density at radius 2 is 0.740 bits per heavy atom. The topological polar surface area (TPSA) is 111 Å². The molecule has 2 atom stereocenters. The van der Waals surface area contributed by atoms with Crippen LogP contribution in [0, 0.1) is 0 Å². The molecule has 77 heavy (non-hydrogen) atoms. The average Bonchev–Trinajstić information content (AvgIpc) is 3.40. The molecule has 448 valence electrons. The van der Waals surface area contributed by atoms with Gasteiger partial charge in [-0.3, -0.25) is 9.59 Å². The fourth-order valence-corrected chi connectivity index (χ4v) is 9.33. The molecule has 0 aliphatic heterocycles. The molecule has 0 amide bonds. The molecule has 0 heterocycles. The van der Waals surface area contributed by atoms with Crippen LogP contribution >= 0.6 is 0 Å². The first-order valence-electron chi connectivity index (χ1n) is 32.4. The van der Waals surface area contributed by atoms with Gasteiger partial charge < -0.3 is 33.3 Å². The van der Waals surface area contributed by atoms with Gasteiger partial charge in [-0.1, -0.05) is 286 Å². The zero-order valence-corrected chi connectivity index (χ0v) is 51.1. The van der Waals surface area contributed by atoms with Gasteiger partial charge in [0.2, 0.25) is 0 Å². The second-order valence-electron chi connectivity index (χ2n) is 23.0. The van der Waals surface area contributed by atoms with E-state index in [-0.39, 0.29) is 32.2 Å². The van der Waals surface area contributed by atoms with Gasteiger partial charge in [0, 0.05) is 12.8 Å². The highest BCUT2D eigenvalue weighted by molar-refractivity contribution is 5.70. The Kier molecular flexibility index (Phi) is 56.8. The number of allylic oxidation sites excluding steroid dienone is 10. The maximum absolute atomic E-state index is 12.9. The molecule has 0 aromatic heterocycles. The van der Waals surface area contributed by atoms with E-state index in [2.05, 4.69) is 74.6 Å². The van der Waals surface area contributed by atoms with E-state index in [1.54, 1.807) is 0 Å². The molecule has 0 N–H and O–H groups in total. The molecular formula is C68H123NO8. The van der Waals surface area contributed by atoms with E-state index in [1.165, 1.54) is 199 Å². The molecule has 0 saturated carbocycles. The summed E-state index contributed by atoms with van der Waals surface area (Å²) < 4.78 is 22.7. The number of likely N-dealkylation sites (N-methyl/N-ethyl adjacent to an activating group) is 1. The number of esters is 2. The van der Waals surface area contributed by atoms with Gasteiger partial charge in [-0.15, -0.1) is 0 Å². The van der Waals surface area contributed by atoms with Crippen molar-refractivity contribution in [3.63, 3.8) is 0 Å². The van der Waals surface area contributed by atoms with E-state index in [0.29, 0.717) is 23.9 Å². The van der Waals surface area contributed by atoms with Crippen LogP contribution in [-0.4, -0.2) is 82.3 Å². The minimum absolute atomic E-state index is 0.150. The minimum Gasteiger partial charge on any atom is -0.545 e. The van der Waals surface area contributed by atoms with Crippen molar-refractivity contribution in [2.45, 2.75) is 309 Å². The van der Waals surface area contributed by atoms with Crippen LogP contribution in [0.25, 0.3) is 0 Å². The zero-order valence-electron chi connectivity index (χ0n) is 51.1. The summed E-state index contributed by atoms with van der Waals surface area (Å²) in [6.45, 7) is 4.67. The molecule has 2 unspecified atom stereocenters. The van der Waals surface area contributed by atoms with Crippen molar-refractivity contribution in [3.05, 3.63) is 60.8 Å². The Morgan fingerprint density at radius 1 is 0.403 bits per heavy atom. The third kappa shape index (κ3) is 60.5. The average molecular weight is 1080 g/mol. The van der Waals surface area contributed by atoms with Gasteiger partial charge in [0.1, 0.15) is 13.2 Å². The van der Waals surface area contributed by atoms with Crippen molar-refractivity contribution < 1.29 is 42.9 Å². The standard InChI is InChI=1S/C68H123NO8/c1-6-8-10-12-14-16-18-20-22-23-24-25-26-27-28-29-30-31-32-33-34-35-36-37-38-39-40-41-42-43-45-47-49-51-53-55-57-59-66(71)77-64(63-76-68(67(72)73)74-61-60-69(3,4)5)62-75-65(70)58-56-54-52-50-48-46-44-21-19-17-15-13-11-9-7-2/h8,10,14,16,20,22,24-25,27-28,64,68H,6-7,9,11-13,15,17-19,21,23,26,29-63H2,1-5H3/b10-8-,16-14-,22-20-,25-24-,28-27-. The van der Waals surface area contributed by atoms with Crippen molar-refractivity contribution in [1.82, 2.24) is 0 Å². The maximum Gasteiger partial charge on any atom is 0.306 e. The number of carbonyl (C=O) groups excluding carboxylic acids is 3. The van der Waals surface area contributed by atoms with E-state index >= 15 is 0 Å². The summed E-state index contributed by atoms with van der Waals surface area (Å²) >= 11 is 0. The van der Waals surface area contributed by atoms with Gasteiger partial charge in [-0.25, -0.2) is 0 Å². The molecule has 0 aliphatic carbocycles. The number of rotatable bonds is 60. The minimum atomic E-state index is -1.62. The largest absolute Gasteiger partial charge is 0.545 e. The van der Waals surface area contributed by atoms with Gasteiger partial charge in [0.25, 0.3) is 0 Å². The van der Waals surface area contributed by atoms with Crippen LogP contribution in [0.1, 0.15) is 296 Å². The fraction of sp³-hybridized carbons (Fsp3) is 0.809. The van der Waals surface area contributed by atoms with E-state index < -0.39 is 24.3 Å². The normalized spacial score (nSPS) is 13.1. The molecule has 0 rings (SSSR count). The first-order chi connectivity index (χ1) is 37.6. The van der Waals surface area contributed by atoms with Crippen LogP contribution in [0.3, 0.4) is 0 Å². The van der Waals surface area contributed by atoms with Gasteiger partial charge in [0.15, 0.2) is 12.4 Å². The zero-order chi connectivity index (χ0) is 56.2. The van der Waals surface area contributed by atoms with Crippen LogP contribution < -0.4 is 5.11 Å². The summed E-state index contributed by atoms with van der Waals surface area (Å²) in [6, 6.07) is 0. The number of unbranched alkanes of at least 4 members (excludes halogenated alkanes) is 35. The van der Waals surface area contributed by atoms with E-state index in [4.69, 9.17) is 18.9 Å². The quantitative estimate of drug-likeness (QED) is 0.0195. The third-order valence-electron chi connectivity index (χ3n) is 14.3. The lowest BCUT2D eigenvalue weighted by Crippen LogP contribution is -2.44. The number of nitrogens with zero attached hydrogens (tertiary/aromatic N) is 1. The molecule has 0 bridgehead atoms. The Bertz CT molecular complexity index is 1450. The molecular weight excluding hydrogens is 959 g/mol. The van der Waals surface area contributed by atoms with Crippen LogP contribution in [-0.2, 0) is 33.3 Å². The molecule has 0 saturated heterocycles. The molecule has 9 heteroatoms. The SMILES string of the molecule is CC/C=C\C/C=C\C/C=C\C/C=C\C/C=C\CCCCCCCCCCCCCCCCCCCCCCCC(=O)OC(COC(=O)CCCCCCCCCCCCCCCCC)COC(OCC[N+](C)(C)C)C(=O)[O-]. The molecule has 0 radical (unpaired) electrons. The number of carboxylic acids is 1. The molecule has 9 nitrogen and oxygen atoms in total. The monoisotopic (exact) mass is 1080 g/mol. The van der Waals surface area contributed by atoms with Crippen molar-refractivity contribution >= 4 is 17.9 Å². The first kappa shape index (κ1) is 74.0. The third-order valence-corrected chi connectivity index (χ3v) is 14.3. The predicted molar refractivity (Wildman–Crippen MR) is 325 cm³/mol. The summed E-state index contributed by atoms with van der Waals surface area (Å²) in [4.78, 5) is 37.3. The lowest BCUT2D eigenvalue weighted by atomic mass is 10.0. The van der Waals surface area contributed by atoms with E-state index in [9.17, 15) is 19.5 Å². The second-order valence-corrected chi connectivity index (χ2v) is 23.0. The van der Waals surface area contributed by atoms with Gasteiger partial charge >= 0.3 is 11.9 Å². The van der Waals surface area contributed by atoms with Crippen LogP contribution in [0.15, 0.2) is 60.8 Å². The summed E-state index contributed by atoms with van der Waals surface area (Å²) in [5, 5.41) is 11.8. The second kappa shape index (κ2) is 59.1. The lowest BCUT2D eigenvalue weighted by molar-refractivity contribution is -0.870. The number of aliphatic carboxylic acids is 1. The molecule has 0 aromatic rings. The number of carboxylic acid groups (broad SMARTS) is 1. The lowest BCUT2D eigenvalue weighted by Gasteiger charge is -2.26. The van der Waals surface area contributed by atoms with Crippen molar-refractivity contribution in [3.8, 4) is 0 Å². The number of quaternary nitrogens is 1. The van der Waals surface area contributed by atoms with Crippen LogP contribution in [0.2, 0.25) is 0 Å². The molecule has 0 fully saturated rings. The van der Waals surface area contributed by atoms with Gasteiger partial charge in [0.05, 0.1) is 40.3 Å². The van der Waals surface area contributed by atoms with Crippen molar-refractivity contribution in [2.75, 3.05) is 47.5 Å². The highest BCUT2D eigenvalue weighted by Gasteiger charge is 2.22. The molecule has 0 spiro atoms. The van der Waals surface area contributed by atoms with Crippen LogP contribution in [0.4, 0.5) is 0 Å². The number of hydrogen-bond acceptors (Lipinski definition) is 8. The molecule has 0 aromatic carbocycles. The Balaban J connectivity index is 4.00. The number of carbonyl (C=O) groups is 3. The Labute approximate surface area is 475 Å². The summed E-state index contributed by atoms with van der Waals surface area (Å²) in [7, 11) is 5.93. The van der Waals surface area contributed by atoms with E-state index in [0.717, 1.165) is 64.2 Å². The fourth-order valence-electron chi connectivity index (χ4n) is 9.33. The summed E-state index contributed by atoms with van der Waals surface area (Å²) in [6.07, 6.45) is 73.0. The highest BCUT2D eigenvalue weighted by atomic mass is 16.7. The number of ether oxygens (including phenoxy) is 4. The summed E-state index contributed by atoms with van der Waals surface area (Å²) in [5.74, 6) is -2.26. The van der Waals surface area contributed by atoms with E-state index in [1.807, 2.05) is 21.1 Å². The molecule has 0 aliphatic rings. The Hall–Kier alpha value is -3.01. The van der Waals surface area contributed by atoms with Crippen molar-refractivity contribution in [2.24, 2.45) is 0 Å². The highest BCUT2D eigenvalue weighted by Crippen LogP contribution is 2.18. The summed E-state index contributed by atoms with van der Waals surface area (Å²) in [5.41, 5.74) is 0. The first-order valence-corrected chi connectivity index (χ1v) is 32.4. The Morgan fingerprint density at radius 3 is 1.10 bits per heavy atom. The van der Waals surface area contributed by atoms with Gasteiger partial charge in [-0.05, 0) is 57.8 Å². The predicted octanol–water partition coefficient (Wildman–Crippen LogP) is 18.2. The smallest absolute Gasteiger partial charge is 0.306 e.